The highest BCUT2D eigenvalue weighted by Crippen LogP contribution is 2.35. The number of ether oxygens (including phenoxy) is 1. The Balaban J connectivity index is 0.899. The molecule has 316 valence electrons. The molecule has 0 radical (unpaired) electrons. The number of hydrogen-bond acceptors (Lipinski definition) is 13. The van der Waals surface area contributed by atoms with E-state index in [0.717, 1.165) is 72.2 Å². The van der Waals surface area contributed by atoms with Gasteiger partial charge in [-0.25, -0.2) is 15.0 Å². The topological polar surface area (TPSA) is 158 Å². The average molecular weight is 861 g/mol. The first-order valence-corrected chi connectivity index (χ1v) is 23.1. The van der Waals surface area contributed by atoms with Crippen molar-refractivity contribution in [2.45, 2.75) is 107 Å². The normalized spacial score (nSPS) is 17.2. The number of nitrogens with zero attached hydrogens (tertiary/aromatic N) is 7. The molecule has 2 atom stereocenters. The first-order valence-electron chi connectivity index (χ1n) is 20.4. The minimum absolute atomic E-state index is 0.0258. The van der Waals surface area contributed by atoms with Gasteiger partial charge in [0.2, 0.25) is 17.7 Å². The SMILES string of the molecule is CCCC(c1ccc(OCC(=O)N2CCC(N3CCC(C(=O)Nc4ncc(SCc5ncc(C(C)(C)C)o5)s4)CC3)CC2)cc1)N(C)C(=O)C(C)(C#N)Cc1nccs1. The number of nitrogens with one attached hydrogen (secondary N) is 1. The quantitative estimate of drug-likeness (QED) is 0.109. The second kappa shape index (κ2) is 19.8. The number of rotatable bonds is 16. The number of carbonyl (C=O) groups is 3. The minimum atomic E-state index is -1.22. The van der Waals surface area contributed by atoms with Crippen molar-refractivity contribution in [3.63, 3.8) is 0 Å². The summed E-state index contributed by atoms with van der Waals surface area (Å²) in [5.41, 5.74) is -0.365. The molecule has 0 saturated carbocycles. The molecule has 3 amide bonds. The zero-order valence-electron chi connectivity index (χ0n) is 34.9. The van der Waals surface area contributed by atoms with Crippen LogP contribution < -0.4 is 10.1 Å². The zero-order valence-corrected chi connectivity index (χ0v) is 37.4. The van der Waals surface area contributed by atoms with E-state index in [1.54, 1.807) is 49.2 Å². The van der Waals surface area contributed by atoms with Crippen LogP contribution in [-0.4, -0.2) is 93.2 Å². The number of oxazole rings is 1. The van der Waals surface area contributed by atoms with Gasteiger partial charge in [0.15, 0.2) is 11.7 Å². The first-order chi connectivity index (χ1) is 28.3. The summed E-state index contributed by atoms with van der Waals surface area (Å²) < 4.78 is 12.8. The van der Waals surface area contributed by atoms with E-state index in [2.05, 4.69) is 58.9 Å². The lowest BCUT2D eigenvalue weighted by Gasteiger charge is -2.41. The number of benzene rings is 1. The van der Waals surface area contributed by atoms with Gasteiger partial charge in [0.05, 0.1) is 39.5 Å². The highest BCUT2D eigenvalue weighted by Gasteiger charge is 2.39. The van der Waals surface area contributed by atoms with Crippen LogP contribution in [0, 0.1) is 22.7 Å². The Bertz CT molecular complexity index is 2040. The number of likely N-dealkylation sites (tertiary alicyclic amines) is 2. The van der Waals surface area contributed by atoms with Gasteiger partial charge in [-0.05, 0) is 69.8 Å². The van der Waals surface area contributed by atoms with Crippen molar-refractivity contribution < 1.29 is 23.5 Å². The summed E-state index contributed by atoms with van der Waals surface area (Å²) >= 11 is 4.51. The number of piperidine rings is 2. The Morgan fingerprint density at radius 1 is 1.05 bits per heavy atom. The molecular weight excluding hydrogens is 805 g/mol. The van der Waals surface area contributed by atoms with Crippen LogP contribution in [0.1, 0.15) is 101 Å². The summed E-state index contributed by atoms with van der Waals surface area (Å²) in [4.78, 5) is 59.2. The molecule has 5 heterocycles. The van der Waals surface area contributed by atoms with Crippen LogP contribution >= 0.6 is 34.4 Å². The molecule has 2 fully saturated rings. The number of carbonyl (C=O) groups excluding carboxylic acids is 3. The van der Waals surface area contributed by atoms with E-state index in [1.807, 2.05) is 34.5 Å². The number of nitriles is 1. The van der Waals surface area contributed by atoms with Gasteiger partial charge in [-0.15, -0.1) is 23.1 Å². The third-order valence-electron chi connectivity index (χ3n) is 11.3. The van der Waals surface area contributed by atoms with Gasteiger partial charge in [-0.1, -0.05) is 57.6 Å². The molecule has 1 N–H and O–H groups in total. The first kappa shape index (κ1) is 44.3. The van der Waals surface area contributed by atoms with E-state index < -0.39 is 5.41 Å². The number of aromatic nitrogens is 3. The van der Waals surface area contributed by atoms with E-state index in [-0.39, 0.29) is 48.1 Å². The fraction of sp³-hybridized carbons (Fsp3) is 0.558. The van der Waals surface area contributed by atoms with Crippen molar-refractivity contribution in [2.75, 3.05) is 45.2 Å². The van der Waals surface area contributed by atoms with Crippen LogP contribution in [0.15, 0.2) is 56.9 Å². The summed E-state index contributed by atoms with van der Waals surface area (Å²) in [6.07, 6.45) is 10.5. The van der Waals surface area contributed by atoms with Crippen molar-refractivity contribution in [1.82, 2.24) is 29.7 Å². The maximum Gasteiger partial charge on any atom is 0.260 e. The molecule has 13 nitrogen and oxygen atoms in total. The predicted molar refractivity (Wildman–Crippen MR) is 231 cm³/mol. The van der Waals surface area contributed by atoms with Gasteiger partial charge >= 0.3 is 0 Å². The molecule has 4 aromatic rings. The van der Waals surface area contributed by atoms with E-state index in [1.165, 1.54) is 22.7 Å². The second-order valence-corrected chi connectivity index (χ2v) is 20.0. The predicted octanol–water partition coefficient (Wildman–Crippen LogP) is 7.97. The molecule has 0 bridgehead atoms. The highest BCUT2D eigenvalue weighted by atomic mass is 32.2. The number of amides is 3. The highest BCUT2D eigenvalue weighted by molar-refractivity contribution is 8.00. The van der Waals surface area contributed by atoms with Crippen LogP contribution in [-0.2, 0) is 32.0 Å². The van der Waals surface area contributed by atoms with Crippen molar-refractivity contribution in [3.05, 3.63) is 70.5 Å². The van der Waals surface area contributed by atoms with Gasteiger partial charge < -0.3 is 29.2 Å². The molecular formula is C43H56N8O5S3. The van der Waals surface area contributed by atoms with E-state index >= 15 is 0 Å². The van der Waals surface area contributed by atoms with Crippen molar-refractivity contribution in [3.8, 4) is 11.8 Å². The lowest BCUT2D eigenvalue weighted by molar-refractivity contribution is -0.139. The molecule has 2 unspecified atom stereocenters. The standard InChI is InChI=1S/C43H56N8O5S3/c1-7-8-33(49(6)40(54)43(5,28-44)23-36-45-17-22-57-36)29-9-11-32(12-10-29)55-26-37(52)51-20-15-31(16-21-51)50-18-13-30(14-19-50)39(53)48-41-47-25-38(59-41)58-27-35-46-24-34(56-35)42(2,3)4/h9-12,17,22,24-25,30-31,33H,7-8,13-16,18-21,23,26-27H2,1-6H3,(H,47,48,53). The summed E-state index contributed by atoms with van der Waals surface area (Å²) in [6, 6.07) is 9.98. The third-order valence-corrected chi connectivity index (χ3v) is 14.1. The summed E-state index contributed by atoms with van der Waals surface area (Å²) in [5.74, 6) is 2.43. The molecule has 59 heavy (non-hydrogen) atoms. The van der Waals surface area contributed by atoms with Crippen molar-refractivity contribution in [2.24, 2.45) is 11.3 Å². The molecule has 2 saturated heterocycles. The van der Waals surface area contributed by atoms with Crippen LogP contribution in [0.5, 0.6) is 5.75 Å². The van der Waals surface area contributed by atoms with Crippen molar-refractivity contribution in [1.29, 1.82) is 5.26 Å². The monoisotopic (exact) mass is 860 g/mol. The van der Waals surface area contributed by atoms with Gasteiger partial charge in [0.25, 0.3) is 5.91 Å². The minimum Gasteiger partial charge on any atom is -0.484 e. The molecule has 0 spiro atoms. The van der Waals surface area contributed by atoms with Gasteiger partial charge in [0.1, 0.15) is 16.9 Å². The second-order valence-electron chi connectivity index (χ2n) is 16.7. The Hall–Kier alpha value is -4.30. The number of thioether (sulfide) groups is 1. The Morgan fingerprint density at radius 2 is 1.78 bits per heavy atom. The van der Waals surface area contributed by atoms with Crippen LogP contribution in [0.2, 0.25) is 0 Å². The van der Waals surface area contributed by atoms with Crippen LogP contribution in [0.4, 0.5) is 5.13 Å². The van der Waals surface area contributed by atoms with Gasteiger partial charge in [-0.3, -0.25) is 14.4 Å². The van der Waals surface area contributed by atoms with E-state index in [0.29, 0.717) is 41.7 Å². The summed E-state index contributed by atoms with van der Waals surface area (Å²) in [5, 5.41) is 16.3. The number of anilines is 1. The zero-order chi connectivity index (χ0) is 42.2. The maximum atomic E-state index is 13.7. The molecule has 2 aliphatic rings. The lowest BCUT2D eigenvalue weighted by atomic mass is 9.86. The Morgan fingerprint density at radius 3 is 2.41 bits per heavy atom. The maximum absolute atomic E-state index is 13.7. The number of hydrogen-bond donors (Lipinski definition) is 1. The van der Waals surface area contributed by atoms with Gasteiger partial charge in [-0.2, -0.15) is 5.26 Å². The fourth-order valence-corrected chi connectivity index (χ4v) is 10.2. The molecule has 1 aromatic carbocycles. The molecule has 16 heteroatoms. The summed E-state index contributed by atoms with van der Waals surface area (Å²) in [6.45, 7) is 13.1. The fourth-order valence-electron chi connectivity index (χ4n) is 7.67. The molecule has 6 rings (SSSR count). The smallest absolute Gasteiger partial charge is 0.260 e. The molecule has 3 aromatic heterocycles. The number of thiazole rings is 2. The molecule has 2 aliphatic heterocycles. The molecule has 0 aliphatic carbocycles. The van der Waals surface area contributed by atoms with E-state index in [4.69, 9.17) is 9.15 Å². The van der Waals surface area contributed by atoms with Gasteiger partial charge in [0, 0.05) is 55.5 Å². The third kappa shape index (κ3) is 11.5. The Labute approximate surface area is 359 Å². The van der Waals surface area contributed by atoms with E-state index in [9.17, 15) is 19.6 Å². The largest absolute Gasteiger partial charge is 0.484 e. The average Bonchev–Trinajstić information content (AvgIpc) is 4.04. The van der Waals surface area contributed by atoms with Crippen LogP contribution in [0.3, 0.4) is 0 Å². The van der Waals surface area contributed by atoms with Crippen molar-refractivity contribution >= 4 is 57.3 Å². The Kier molecular flexibility index (Phi) is 14.9. The summed E-state index contributed by atoms with van der Waals surface area (Å²) in [7, 11) is 1.76. The lowest BCUT2D eigenvalue weighted by Crippen LogP contribution is -2.50. The van der Waals surface area contributed by atoms with Crippen LogP contribution in [0.25, 0.3) is 0 Å².